The first-order chi connectivity index (χ1) is 13.7. The molecule has 1 heterocycles. The first kappa shape index (κ1) is 20.9. The van der Waals surface area contributed by atoms with Crippen LogP contribution in [0.5, 0.6) is 0 Å². The van der Waals surface area contributed by atoms with Crippen LogP contribution in [0.3, 0.4) is 0 Å². The largest absolute Gasteiger partial charge is 0.326 e. The molecule has 1 fully saturated rings. The van der Waals surface area contributed by atoms with E-state index in [2.05, 4.69) is 5.32 Å². The maximum absolute atomic E-state index is 13.0. The second kappa shape index (κ2) is 8.30. The third-order valence-corrected chi connectivity index (χ3v) is 7.15. The quantitative estimate of drug-likeness (QED) is 0.593. The number of rotatable bonds is 5. The van der Waals surface area contributed by atoms with Crippen molar-refractivity contribution in [3.05, 3.63) is 63.7 Å². The molecular weight excluding hydrogens is 394 g/mol. The molecule has 154 valence electrons. The summed E-state index contributed by atoms with van der Waals surface area (Å²) in [4.78, 5) is 22.9. The van der Waals surface area contributed by atoms with Gasteiger partial charge in [0, 0.05) is 36.8 Å². The van der Waals surface area contributed by atoms with Gasteiger partial charge in [0.15, 0.2) is 0 Å². The van der Waals surface area contributed by atoms with Crippen LogP contribution >= 0.6 is 0 Å². The van der Waals surface area contributed by atoms with Gasteiger partial charge in [-0.1, -0.05) is 18.2 Å². The van der Waals surface area contributed by atoms with E-state index in [0.29, 0.717) is 18.4 Å². The summed E-state index contributed by atoms with van der Waals surface area (Å²) in [6, 6.07) is 11.3. The van der Waals surface area contributed by atoms with Crippen LogP contribution in [0.4, 0.5) is 11.4 Å². The Bertz CT molecular complexity index is 1040. The summed E-state index contributed by atoms with van der Waals surface area (Å²) < 4.78 is 27.3. The van der Waals surface area contributed by atoms with E-state index in [1.165, 1.54) is 16.4 Å². The van der Waals surface area contributed by atoms with Gasteiger partial charge in [-0.15, -0.1) is 0 Å². The van der Waals surface area contributed by atoms with E-state index in [1.807, 2.05) is 31.2 Å². The van der Waals surface area contributed by atoms with Gasteiger partial charge < -0.3 is 5.32 Å². The highest BCUT2D eigenvalue weighted by Gasteiger charge is 2.33. The van der Waals surface area contributed by atoms with Gasteiger partial charge in [0.1, 0.15) is 0 Å². The number of aryl methyl sites for hydroxylation is 2. The van der Waals surface area contributed by atoms with Crippen molar-refractivity contribution in [1.82, 2.24) is 4.31 Å². The minimum Gasteiger partial charge on any atom is -0.326 e. The molecule has 0 bridgehead atoms. The lowest BCUT2D eigenvalue weighted by Gasteiger charge is -2.30. The van der Waals surface area contributed by atoms with Crippen LogP contribution in [0.2, 0.25) is 0 Å². The molecule has 0 atom stereocenters. The van der Waals surface area contributed by atoms with Crippen molar-refractivity contribution < 1.29 is 18.1 Å². The van der Waals surface area contributed by atoms with Crippen molar-refractivity contribution in [2.75, 3.05) is 18.4 Å². The maximum Gasteiger partial charge on any atom is 0.270 e. The van der Waals surface area contributed by atoms with E-state index < -0.39 is 14.9 Å². The lowest BCUT2D eigenvalue weighted by Crippen LogP contribution is -2.41. The molecule has 1 amide bonds. The molecule has 8 nitrogen and oxygen atoms in total. The number of carbonyl (C=O) groups is 1. The molecule has 1 aliphatic heterocycles. The van der Waals surface area contributed by atoms with Gasteiger partial charge in [0.25, 0.3) is 5.69 Å². The lowest BCUT2D eigenvalue weighted by molar-refractivity contribution is -0.385. The Labute approximate surface area is 169 Å². The SMILES string of the molecule is Cc1cccc(NC(=O)C2CCN(S(=O)(=O)c3cc([N+](=O)[O-])ccc3C)CC2)c1. The summed E-state index contributed by atoms with van der Waals surface area (Å²) in [5.74, 6) is -0.410. The minimum atomic E-state index is -3.87. The van der Waals surface area contributed by atoms with Crippen molar-refractivity contribution in [3.63, 3.8) is 0 Å². The standard InChI is InChI=1S/C20H23N3O5S/c1-14-4-3-5-17(12-14)21-20(24)16-8-10-22(11-9-16)29(27,28)19-13-18(23(25)26)7-6-15(19)2/h3-7,12-13,16H,8-11H2,1-2H3,(H,21,24). The van der Waals surface area contributed by atoms with Gasteiger partial charge in [0.2, 0.25) is 15.9 Å². The number of hydrogen-bond donors (Lipinski definition) is 1. The van der Waals surface area contributed by atoms with Crippen LogP contribution in [-0.4, -0.2) is 36.6 Å². The van der Waals surface area contributed by atoms with Gasteiger partial charge in [-0.25, -0.2) is 8.42 Å². The molecule has 0 aromatic heterocycles. The molecule has 2 aromatic rings. The molecule has 0 saturated carbocycles. The average molecular weight is 417 g/mol. The number of nitro benzene ring substituents is 1. The number of piperidine rings is 1. The van der Waals surface area contributed by atoms with Crippen molar-refractivity contribution in [1.29, 1.82) is 0 Å². The second-order valence-corrected chi connectivity index (χ2v) is 9.15. The fourth-order valence-electron chi connectivity index (χ4n) is 3.44. The number of nitrogens with zero attached hydrogens (tertiary/aromatic N) is 2. The van der Waals surface area contributed by atoms with Crippen LogP contribution in [0.25, 0.3) is 0 Å². The first-order valence-electron chi connectivity index (χ1n) is 9.31. The van der Waals surface area contributed by atoms with E-state index in [0.717, 1.165) is 17.3 Å². The Kier molecular flexibility index (Phi) is 5.99. The minimum absolute atomic E-state index is 0.0608. The molecule has 1 saturated heterocycles. The average Bonchev–Trinajstić information content (AvgIpc) is 2.68. The zero-order chi connectivity index (χ0) is 21.2. The topological polar surface area (TPSA) is 110 Å². The number of non-ortho nitro benzene ring substituents is 1. The highest BCUT2D eigenvalue weighted by Crippen LogP contribution is 2.28. The number of sulfonamides is 1. The van der Waals surface area contributed by atoms with E-state index in [4.69, 9.17) is 0 Å². The summed E-state index contributed by atoms with van der Waals surface area (Å²) in [6.45, 7) is 3.93. The number of anilines is 1. The fraction of sp³-hybridized carbons (Fsp3) is 0.350. The molecule has 2 aromatic carbocycles. The van der Waals surface area contributed by atoms with Crippen molar-refractivity contribution in [2.24, 2.45) is 5.92 Å². The molecule has 0 unspecified atom stereocenters. The van der Waals surface area contributed by atoms with Crippen LogP contribution in [-0.2, 0) is 14.8 Å². The van der Waals surface area contributed by atoms with Crippen molar-refractivity contribution >= 4 is 27.3 Å². The van der Waals surface area contributed by atoms with Crippen LogP contribution in [0.1, 0.15) is 24.0 Å². The molecule has 3 rings (SSSR count). The number of carbonyl (C=O) groups excluding carboxylic acids is 1. The summed E-state index contributed by atoms with van der Waals surface area (Å²) in [5.41, 5.74) is 1.95. The molecule has 1 aliphatic rings. The Hall–Kier alpha value is -2.78. The Morgan fingerprint density at radius 2 is 1.83 bits per heavy atom. The van der Waals surface area contributed by atoms with Crippen molar-refractivity contribution in [2.45, 2.75) is 31.6 Å². The van der Waals surface area contributed by atoms with E-state index in [9.17, 15) is 23.3 Å². The van der Waals surface area contributed by atoms with Crippen LogP contribution in [0, 0.1) is 29.9 Å². The second-order valence-electron chi connectivity index (χ2n) is 7.24. The maximum atomic E-state index is 13.0. The van der Waals surface area contributed by atoms with Gasteiger partial charge in [-0.2, -0.15) is 4.31 Å². The molecule has 1 N–H and O–H groups in total. The molecular formula is C20H23N3O5S. The van der Waals surface area contributed by atoms with Gasteiger partial charge in [-0.05, 0) is 49.9 Å². The zero-order valence-electron chi connectivity index (χ0n) is 16.3. The number of hydrogen-bond acceptors (Lipinski definition) is 5. The van der Waals surface area contributed by atoms with E-state index in [1.54, 1.807) is 6.92 Å². The predicted molar refractivity (Wildman–Crippen MR) is 109 cm³/mol. The number of nitrogens with one attached hydrogen (secondary N) is 1. The van der Waals surface area contributed by atoms with Crippen molar-refractivity contribution in [3.8, 4) is 0 Å². The number of amides is 1. The van der Waals surface area contributed by atoms with Gasteiger partial charge in [0.05, 0.1) is 9.82 Å². The molecule has 0 radical (unpaired) electrons. The third kappa shape index (κ3) is 4.63. The molecule has 29 heavy (non-hydrogen) atoms. The van der Waals surface area contributed by atoms with Gasteiger partial charge in [-0.3, -0.25) is 14.9 Å². The van der Waals surface area contributed by atoms with Gasteiger partial charge >= 0.3 is 0 Å². The van der Waals surface area contributed by atoms with E-state index >= 15 is 0 Å². The normalized spacial score (nSPS) is 15.8. The zero-order valence-corrected chi connectivity index (χ0v) is 17.1. The highest BCUT2D eigenvalue weighted by atomic mass is 32.2. The molecule has 0 spiro atoms. The van der Waals surface area contributed by atoms with E-state index in [-0.39, 0.29) is 35.5 Å². The summed E-state index contributed by atoms with van der Waals surface area (Å²) in [7, 11) is -3.87. The summed E-state index contributed by atoms with van der Waals surface area (Å²) in [6.07, 6.45) is 0.787. The number of nitro groups is 1. The van der Waals surface area contributed by atoms with Crippen LogP contribution in [0.15, 0.2) is 47.4 Å². The fourth-order valence-corrected chi connectivity index (χ4v) is 5.16. The monoisotopic (exact) mass is 417 g/mol. The highest BCUT2D eigenvalue weighted by molar-refractivity contribution is 7.89. The lowest BCUT2D eigenvalue weighted by atomic mass is 9.97. The Morgan fingerprint density at radius 3 is 2.45 bits per heavy atom. The third-order valence-electron chi connectivity index (χ3n) is 5.11. The van der Waals surface area contributed by atoms with Crippen LogP contribution < -0.4 is 5.32 Å². The molecule has 0 aliphatic carbocycles. The Morgan fingerprint density at radius 1 is 1.14 bits per heavy atom. The molecule has 9 heteroatoms. The Balaban J connectivity index is 1.69. The predicted octanol–water partition coefficient (Wildman–Crippen LogP) is 3.25. The summed E-state index contributed by atoms with van der Waals surface area (Å²) >= 11 is 0. The number of benzene rings is 2. The first-order valence-corrected chi connectivity index (χ1v) is 10.8. The summed E-state index contributed by atoms with van der Waals surface area (Å²) in [5, 5.41) is 13.9. The smallest absolute Gasteiger partial charge is 0.270 e.